The van der Waals surface area contributed by atoms with E-state index in [0.717, 1.165) is 70.6 Å². The fourth-order valence-electron chi connectivity index (χ4n) is 6.65. The Kier molecular flexibility index (Phi) is 7.41. The van der Waals surface area contributed by atoms with Crippen LogP contribution >= 0.6 is 0 Å². The average molecular weight is 552 g/mol. The van der Waals surface area contributed by atoms with Gasteiger partial charge in [0.15, 0.2) is 0 Å². The Morgan fingerprint density at radius 2 is 1.22 bits per heavy atom. The van der Waals surface area contributed by atoms with Gasteiger partial charge in [-0.15, -0.1) is 0 Å². The molecule has 212 valence electrons. The number of fused-ring (bicyclic) bond motifs is 10. The zero-order chi connectivity index (χ0) is 28.7. The maximum atomic E-state index is 13.9. The summed E-state index contributed by atoms with van der Waals surface area (Å²) < 4.78 is 11.9. The maximum absolute atomic E-state index is 13.9. The smallest absolute Gasteiger partial charge is 0.261 e. The summed E-state index contributed by atoms with van der Waals surface area (Å²) in [5.41, 5.74) is 9.91. The molecule has 0 aromatic heterocycles. The number of carbonyl (C=O) groups excluding carboxylic acids is 3. The molecule has 1 heterocycles. The minimum atomic E-state index is -0.215. The summed E-state index contributed by atoms with van der Waals surface area (Å²) in [5.74, 6) is 1.37. The van der Waals surface area contributed by atoms with Crippen LogP contribution in [0.1, 0.15) is 89.4 Å². The number of nitrogens with zero attached hydrogens (tertiary/aromatic N) is 1. The first-order chi connectivity index (χ1) is 19.9. The first kappa shape index (κ1) is 27.3. The predicted molar refractivity (Wildman–Crippen MR) is 159 cm³/mol. The van der Waals surface area contributed by atoms with E-state index in [2.05, 4.69) is 38.1 Å². The monoisotopic (exact) mass is 551 g/mol. The van der Waals surface area contributed by atoms with Crippen LogP contribution in [0.2, 0.25) is 0 Å². The van der Waals surface area contributed by atoms with Gasteiger partial charge in [-0.3, -0.25) is 14.5 Å². The number of benzene rings is 3. The van der Waals surface area contributed by atoms with Crippen molar-refractivity contribution in [2.24, 2.45) is 0 Å². The lowest BCUT2D eigenvalue weighted by molar-refractivity contribution is -0.117. The van der Waals surface area contributed by atoms with E-state index >= 15 is 0 Å². The molecule has 0 fully saturated rings. The Morgan fingerprint density at radius 3 is 1.66 bits per heavy atom. The van der Waals surface area contributed by atoms with Gasteiger partial charge in [-0.1, -0.05) is 26.0 Å². The zero-order valence-corrected chi connectivity index (χ0v) is 24.2. The van der Waals surface area contributed by atoms with Gasteiger partial charge in [0.05, 0.1) is 24.3 Å². The molecule has 0 atom stereocenters. The molecule has 0 N–H and O–H groups in total. The van der Waals surface area contributed by atoms with E-state index in [1.165, 1.54) is 16.0 Å². The van der Waals surface area contributed by atoms with Crippen molar-refractivity contribution in [3.63, 3.8) is 0 Å². The number of ether oxygens (including phenoxy) is 2. The largest absolute Gasteiger partial charge is 0.494 e. The number of imide groups is 1. The number of ketones is 1. The number of hydrogen-bond donors (Lipinski definition) is 0. The number of aryl methyl sites for hydroxylation is 2. The Balaban J connectivity index is 1.54. The van der Waals surface area contributed by atoms with Crippen molar-refractivity contribution in [3.05, 3.63) is 69.8 Å². The molecule has 0 bridgehead atoms. The lowest BCUT2D eigenvalue weighted by Crippen LogP contribution is -2.31. The summed E-state index contributed by atoms with van der Waals surface area (Å²) >= 11 is 0. The summed E-state index contributed by atoms with van der Waals surface area (Å²) in [6, 6.07) is 12.6. The number of Topliss-reactive ketones (excluding diaryl/α,β-unsaturated/α-hetero) is 1. The Morgan fingerprint density at radius 1 is 0.732 bits per heavy atom. The fourth-order valence-corrected chi connectivity index (χ4v) is 6.65. The maximum Gasteiger partial charge on any atom is 0.261 e. The lowest BCUT2D eigenvalue weighted by atomic mass is 9.72. The van der Waals surface area contributed by atoms with Gasteiger partial charge < -0.3 is 14.3 Å². The van der Waals surface area contributed by atoms with Gasteiger partial charge in [0, 0.05) is 13.0 Å². The minimum Gasteiger partial charge on any atom is -0.494 e. The molecule has 0 radical (unpaired) electrons. The van der Waals surface area contributed by atoms with Gasteiger partial charge in [-0.25, -0.2) is 0 Å². The summed E-state index contributed by atoms with van der Waals surface area (Å²) in [7, 11) is 0. The third-order valence-corrected chi connectivity index (χ3v) is 8.46. The summed E-state index contributed by atoms with van der Waals surface area (Å²) in [5, 5.41) is 0. The van der Waals surface area contributed by atoms with E-state index in [9.17, 15) is 14.4 Å². The summed E-state index contributed by atoms with van der Waals surface area (Å²) in [6.07, 6.45) is 5.65. The van der Waals surface area contributed by atoms with Crippen molar-refractivity contribution < 1.29 is 23.9 Å². The van der Waals surface area contributed by atoms with E-state index in [4.69, 9.17) is 9.47 Å². The van der Waals surface area contributed by atoms with E-state index in [1.807, 2.05) is 12.1 Å². The van der Waals surface area contributed by atoms with Crippen LogP contribution in [0.25, 0.3) is 22.3 Å². The lowest BCUT2D eigenvalue weighted by Gasteiger charge is -2.31. The first-order valence-corrected chi connectivity index (χ1v) is 15.0. The molecule has 41 heavy (non-hydrogen) atoms. The Labute approximate surface area is 241 Å². The highest BCUT2D eigenvalue weighted by atomic mass is 16.5. The van der Waals surface area contributed by atoms with Crippen molar-refractivity contribution in [1.29, 1.82) is 0 Å². The van der Waals surface area contributed by atoms with Crippen LogP contribution < -0.4 is 9.47 Å². The molecular weight excluding hydrogens is 514 g/mol. The number of amides is 2. The second kappa shape index (κ2) is 11.2. The van der Waals surface area contributed by atoms with Crippen molar-refractivity contribution >= 4 is 17.6 Å². The summed E-state index contributed by atoms with van der Waals surface area (Å²) in [6.45, 7) is 7.34. The van der Waals surface area contributed by atoms with Crippen molar-refractivity contribution in [2.45, 2.75) is 72.1 Å². The topological polar surface area (TPSA) is 72.9 Å². The van der Waals surface area contributed by atoms with Crippen molar-refractivity contribution in [3.8, 4) is 33.8 Å². The number of carbonyl (C=O) groups is 3. The molecule has 0 saturated heterocycles. The van der Waals surface area contributed by atoms with Crippen LogP contribution in [0.5, 0.6) is 11.5 Å². The van der Waals surface area contributed by atoms with Gasteiger partial charge in [0.25, 0.3) is 11.8 Å². The Hall–Kier alpha value is -3.93. The molecule has 3 aliphatic rings. The molecule has 2 amide bonds. The van der Waals surface area contributed by atoms with E-state index < -0.39 is 0 Å². The van der Waals surface area contributed by atoms with Gasteiger partial charge in [-0.2, -0.15) is 0 Å². The van der Waals surface area contributed by atoms with E-state index in [-0.39, 0.29) is 24.1 Å². The molecule has 6 nitrogen and oxygen atoms in total. The highest BCUT2D eigenvalue weighted by Crippen LogP contribution is 2.51. The fraction of sp³-hybridized carbons (Fsp3) is 0.400. The molecule has 0 spiro atoms. The molecule has 6 rings (SSSR count). The SMILES string of the molecule is CCCOc1ccc2c(c1)CCc1c3c(c4c(c1-2)-c1ccc(OCCC)cc1CC4)C(=O)N(CCCC(C)=O)C3=O. The van der Waals surface area contributed by atoms with Gasteiger partial charge in [-0.05, 0) is 121 Å². The van der Waals surface area contributed by atoms with Crippen molar-refractivity contribution in [2.75, 3.05) is 19.8 Å². The highest BCUT2D eigenvalue weighted by Gasteiger charge is 2.43. The van der Waals surface area contributed by atoms with Crippen LogP contribution in [-0.4, -0.2) is 42.3 Å². The van der Waals surface area contributed by atoms with Gasteiger partial charge in [0.1, 0.15) is 17.3 Å². The molecule has 2 aliphatic carbocycles. The predicted octanol–water partition coefficient (Wildman–Crippen LogP) is 6.76. The van der Waals surface area contributed by atoms with E-state index in [1.54, 1.807) is 6.92 Å². The number of hydrogen-bond acceptors (Lipinski definition) is 5. The molecule has 1 aliphatic heterocycles. The van der Waals surface area contributed by atoms with E-state index in [0.29, 0.717) is 50.0 Å². The van der Waals surface area contributed by atoms with Crippen molar-refractivity contribution in [1.82, 2.24) is 4.90 Å². The van der Waals surface area contributed by atoms with Crippen LogP contribution in [-0.2, 0) is 30.5 Å². The van der Waals surface area contributed by atoms with Crippen LogP contribution in [0.15, 0.2) is 36.4 Å². The normalized spacial score (nSPS) is 14.7. The first-order valence-electron chi connectivity index (χ1n) is 15.0. The molecule has 6 heteroatoms. The molecule has 3 aromatic carbocycles. The van der Waals surface area contributed by atoms with Crippen LogP contribution in [0.3, 0.4) is 0 Å². The minimum absolute atomic E-state index is 0.0640. The standard InChI is InChI=1S/C35H37NO5/c1-4-17-40-24-10-14-26-22(19-24)8-12-28-30(26)31-27-15-11-25(41-18-5-2)20-23(27)9-13-29(31)33-32(28)34(38)36(35(33)39)16-6-7-21(3)37/h10-11,14-15,19-20H,4-9,12-13,16-18H2,1-3H3. The second-order valence-electron chi connectivity index (χ2n) is 11.4. The quantitative estimate of drug-likeness (QED) is 0.260. The summed E-state index contributed by atoms with van der Waals surface area (Å²) in [4.78, 5) is 40.7. The molecular formula is C35H37NO5. The zero-order valence-electron chi connectivity index (χ0n) is 24.2. The van der Waals surface area contributed by atoms with Gasteiger partial charge >= 0.3 is 0 Å². The third kappa shape index (κ3) is 4.73. The molecule has 0 unspecified atom stereocenters. The van der Waals surface area contributed by atoms with Gasteiger partial charge in [0.2, 0.25) is 0 Å². The molecule has 3 aromatic rings. The van der Waals surface area contributed by atoms with Crippen LogP contribution in [0, 0.1) is 0 Å². The second-order valence-corrected chi connectivity index (χ2v) is 11.4. The number of rotatable bonds is 10. The average Bonchev–Trinajstić information content (AvgIpc) is 3.23. The molecule has 0 saturated carbocycles. The Bertz CT molecular complexity index is 1460. The van der Waals surface area contributed by atoms with Crippen LogP contribution in [0.4, 0.5) is 0 Å². The third-order valence-electron chi connectivity index (χ3n) is 8.46. The highest BCUT2D eigenvalue weighted by molar-refractivity contribution is 6.25.